The number of hydrogen-bond donors (Lipinski definition) is 2. The van der Waals surface area contributed by atoms with Crippen molar-refractivity contribution >= 4 is 48.4 Å². The van der Waals surface area contributed by atoms with Gasteiger partial charge in [0, 0.05) is 47.6 Å². The average molecular weight is 669 g/mol. The molecule has 0 radical (unpaired) electrons. The van der Waals surface area contributed by atoms with Crippen LogP contribution in [0.2, 0.25) is 0 Å². The zero-order chi connectivity index (χ0) is 32.7. The normalized spacial score (nSPS) is 22.9. The highest BCUT2D eigenvalue weighted by Crippen LogP contribution is 2.48. The van der Waals surface area contributed by atoms with Gasteiger partial charge in [-0.1, -0.05) is 0 Å². The van der Waals surface area contributed by atoms with E-state index >= 15 is 0 Å². The van der Waals surface area contributed by atoms with E-state index in [-0.39, 0.29) is 40.5 Å². The van der Waals surface area contributed by atoms with Crippen molar-refractivity contribution in [3.63, 3.8) is 0 Å². The molecule has 5 aromatic rings. The highest BCUT2D eigenvalue weighted by atomic mass is 32.1. The van der Waals surface area contributed by atoms with Crippen LogP contribution < -0.4 is 10.1 Å². The van der Waals surface area contributed by atoms with E-state index in [4.69, 9.17) is 14.7 Å². The molecule has 6 heterocycles. The molecule has 47 heavy (non-hydrogen) atoms. The van der Waals surface area contributed by atoms with Gasteiger partial charge in [-0.2, -0.15) is 28.2 Å². The molecule has 2 N–H and O–H groups in total. The van der Waals surface area contributed by atoms with Crippen LogP contribution in [0.1, 0.15) is 49.7 Å². The van der Waals surface area contributed by atoms with Gasteiger partial charge < -0.3 is 15.0 Å². The molecular formula is C33H36F4N8OS. The van der Waals surface area contributed by atoms with Crippen LogP contribution in [0.25, 0.3) is 42.5 Å². The Bertz CT molecular complexity index is 2000. The Labute approximate surface area is 272 Å². The van der Waals surface area contributed by atoms with Gasteiger partial charge in [0.25, 0.3) is 0 Å². The first-order valence-corrected chi connectivity index (χ1v) is 16.9. The van der Waals surface area contributed by atoms with Crippen molar-refractivity contribution in [2.45, 2.75) is 68.9 Å². The van der Waals surface area contributed by atoms with Gasteiger partial charge >= 0.3 is 12.2 Å². The quantitative estimate of drug-likeness (QED) is 0.172. The minimum Gasteiger partial charge on any atom is -0.461 e. The van der Waals surface area contributed by atoms with Crippen molar-refractivity contribution in [2.75, 3.05) is 45.7 Å². The lowest BCUT2D eigenvalue weighted by Crippen LogP contribution is -2.54. The number of thiophene rings is 1. The van der Waals surface area contributed by atoms with E-state index < -0.39 is 17.9 Å². The fraction of sp³-hybridized carbons (Fsp3) is 0.515. The first kappa shape index (κ1) is 30.7. The van der Waals surface area contributed by atoms with Crippen LogP contribution in [-0.2, 0) is 6.18 Å². The smallest absolute Gasteiger partial charge is 0.417 e. The zero-order valence-electron chi connectivity index (χ0n) is 26.5. The van der Waals surface area contributed by atoms with Gasteiger partial charge in [0.15, 0.2) is 0 Å². The Hall–Kier alpha value is -3.62. The van der Waals surface area contributed by atoms with E-state index in [1.807, 2.05) is 6.07 Å². The molecule has 14 heteroatoms. The summed E-state index contributed by atoms with van der Waals surface area (Å²) in [7, 11) is 4.15. The number of hydrogen-bond acceptors (Lipinski definition) is 9. The summed E-state index contributed by atoms with van der Waals surface area (Å²) in [5.74, 6) is 0.561. The summed E-state index contributed by atoms with van der Waals surface area (Å²) >= 11 is 1.27. The van der Waals surface area contributed by atoms with Gasteiger partial charge in [-0.15, -0.1) is 11.3 Å². The molecule has 0 bridgehead atoms. The largest absolute Gasteiger partial charge is 0.461 e. The molecule has 1 saturated carbocycles. The van der Waals surface area contributed by atoms with Crippen LogP contribution in [0.3, 0.4) is 0 Å². The van der Waals surface area contributed by atoms with Crippen LogP contribution in [0.4, 0.5) is 23.4 Å². The average Bonchev–Trinajstić information content (AvgIpc) is 3.75. The van der Waals surface area contributed by atoms with Crippen LogP contribution in [0.15, 0.2) is 24.5 Å². The Morgan fingerprint density at radius 3 is 2.74 bits per heavy atom. The van der Waals surface area contributed by atoms with Crippen molar-refractivity contribution in [1.82, 2.24) is 34.9 Å². The van der Waals surface area contributed by atoms with E-state index in [0.717, 1.165) is 38.6 Å². The zero-order valence-corrected chi connectivity index (χ0v) is 27.3. The number of likely N-dealkylation sites (N-methyl/N-ethyl adjacent to an activating group) is 1. The first-order chi connectivity index (χ1) is 22.5. The number of aromatic nitrogens is 5. The molecule has 3 aliphatic rings. The van der Waals surface area contributed by atoms with E-state index in [0.29, 0.717) is 56.5 Å². The van der Waals surface area contributed by atoms with Crippen molar-refractivity contribution in [1.29, 1.82) is 0 Å². The van der Waals surface area contributed by atoms with Gasteiger partial charge in [0.2, 0.25) is 0 Å². The second-order valence-corrected chi connectivity index (χ2v) is 14.6. The number of rotatable bonds is 8. The summed E-state index contributed by atoms with van der Waals surface area (Å²) in [5, 5.41) is 12.2. The molecule has 8 rings (SSSR count). The predicted molar refractivity (Wildman–Crippen MR) is 175 cm³/mol. The molecule has 0 unspecified atom stereocenters. The van der Waals surface area contributed by atoms with Crippen LogP contribution in [0, 0.1) is 6.92 Å². The number of aromatic amines is 1. The number of aryl methyl sites for hydroxylation is 1. The minimum atomic E-state index is -4.62. The maximum Gasteiger partial charge on any atom is 0.417 e. The van der Waals surface area contributed by atoms with E-state index in [9.17, 15) is 17.6 Å². The van der Waals surface area contributed by atoms with Crippen molar-refractivity contribution in [3.05, 3.63) is 35.7 Å². The lowest BCUT2D eigenvalue weighted by Gasteiger charge is -2.47. The lowest BCUT2D eigenvalue weighted by molar-refractivity contribution is -0.137. The number of pyridine rings is 1. The summed E-state index contributed by atoms with van der Waals surface area (Å²) in [4.78, 5) is 19.2. The van der Waals surface area contributed by atoms with Gasteiger partial charge in [-0.3, -0.25) is 15.0 Å². The van der Waals surface area contributed by atoms with E-state index in [1.165, 1.54) is 30.5 Å². The summed E-state index contributed by atoms with van der Waals surface area (Å²) in [5.41, 5.74) is -0.362. The second kappa shape index (κ2) is 11.0. The van der Waals surface area contributed by atoms with E-state index in [1.54, 1.807) is 6.20 Å². The molecule has 2 saturated heterocycles. The summed E-state index contributed by atoms with van der Waals surface area (Å²) < 4.78 is 65.3. The van der Waals surface area contributed by atoms with E-state index in [2.05, 4.69) is 44.4 Å². The Kier molecular flexibility index (Phi) is 7.16. The third-order valence-electron chi connectivity index (χ3n) is 10.7. The molecule has 2 atom stereocenters. The molecule has 2 aliphatic heterocycles. The molecule has 0 spiro atoms. The third-order valence-corrected chi connectivity index (χ3v) is 11.8. The Morgan fingerprint density at radius 1 is 1.17 bits per heavy atom. The summed E-state index contributed by atoms with van der Waals surface area (Å²) in [6.07, 6.45) is 2.94. The number of fused-ring (bicyclic) bond motifs is 5. The molecule has 248 valence electrons. The second-order valence-electron chi connectivity index (χ2n) is 13.6. The molecule has 1 aliphatic carbocycles. The number of halogens is 4. The molecule has 4 aromatic heterocycles. The fourth-order valence-electron chi connectivity index (χ4n) is 8.05. The standard InChI is InChI=1S/C33H36F4N8OS/c1-18-12-22-21(14-40-43-22)23(25(18)33(35,36)37)26-27-20(6-10-38-26)24-28(39-16-31(44(2)3)7-4-8-31)41-30(42-29(24)47-27)46-17-32-9-5-11-45(32)15-19(34)13-32/h6,10,12,14,19H,4-5,7-9,11,13,15-17H2,1-3H3,(H,40,43)(H,39,41,42)/t19-,32+/m1/s1. The number of H-pyrrole nitrogens is 1. The fourth-order valence-corrected chi connectivity index (χ4v) is 9.21. The highest BCUT2D eigenvalue weighted by Gasteiger charge is 2.49. The number of ether oxygens (including phenoxy) is 1. The summed E-state index contributed by atoms with van der Waals surface area (Å²) in [6, 6.07) is 3.45. The van der Waals surface area contributed by atoms with Crippen molar-refractivity contribution in [2.24, 2.45) is 0 Å². The number of nitrogens with zero attached hydrogens (tertiary/aromatic N) is 6. The van der Waals surface area contributed by atoms with Gasteiger partial charge in [0.1, 0.15) is 23.4 Å². The Balaban J connectivity index is 1.28. The van der Waals surface area contributed by atoms with Gasteiger partial charge in [0.05, 0.1) is 38.6 Å². The van der Waals surface area contributed by atoms with Crippen LogP contribution in [0.5, 0.6) is 6.01 Å². The van der Waals surface area contributed by atoms with Crippen LogP contribution >= 0.6 is 11.3 Å². The van der Waals surface area contributed by atoms with Gasteiger partial charge in [-0.25, -0.2) is 4.39 Å². The monoisotopic (exact) mass is 668 g/mol. The molecule has 1 aromatic carbocycles. The highest BCUT2D eigenvalue weighted by molar-refractivity contribution is 7.26. The minimum absolute atomic E-state index is 0.0131. The number of nitrogens with one attached hydrogen (secondary N) is 2. The third kappa shape index (κ3) is 4.93. The van der Waals surface area contributed by atoms with Crippen molar-refractivity contribution in [3.8, 4) is 17.3 Å². The molecular weight excluding hydrogens is 632 g/mol. The van der Waals surface area contributed by atoms with Crippen LogP contribution in [-0.4, -0.2) is 92.5 Å². The SMILES string of the molecule is Cc1cc2[nH]ncc2c(-c2nccc3c2sc2nc(OC[C@@]45CCCN4C[C@H](F)C5)nc(NCC4(N(C)C)CCC4)c23)c1C(F)(F)F. The van der Waals surface area contributed by atoms with Gasteiger partial charge in [-0.05, 0) is 77.4 Å². The number of alkyl halides is 4. The number of anilines is 1. The Morgan fingerprint density at radius 2 is 2.00 bits per heavy atom. The number of benzene rings is 1. The molecule has 3 fully saturated rings. The lowest BCUT2D eigenvalue weighted by atomic mass is 9.75. The topological polar surface area (TPSA) is 95.1 Å². The molecule has 0 amide bonds. The van der Waals surface area contributed by atoms with Crippen molar-refractivity contribution < 1.29 is 22.3 Å². The maximum absolute atomic E-state index is 14.7. The first-order valence-electron chi connectivity index (χ1n) is 16.0. The maximum atomic E-state index is 14.7. The molecule has 9 nitrogen and oxygen atoms in total. The summed E-state index contributed by atoms with van der Waals surface area (Å²) in [6.45, 7) is 3.62. The predicted octanol–water partition coefficient (Wildman–Crippen LogP) is 6.96.